The van der Waals surface area contributed by atoms with Gasteiger partial charge in [0.15, 0.2) is 0 Å². The maximum atomic E-state index is 12.5. The third kappa shape index (κ3) is 4.96. The largest absolute Gasteiger partial charge is 0.497 e. The number of aromatic nitrogens is 2. The monoisotopic (exact) mass is 440 g/mol. The average molecular weight is 441 g/mol. The summed E-state index contributed by atoms with van der Waals surface area (Å²) in [6.45, 7) is 1.38. The van der Waals surface area contributed by atoms with Gasteiger partial charge in [0.2, 0.25) is 5.91 Å². The lowest BCUT2D eigenvalue weighted by Crippen LogP contribution is -2.37. The van der Waals surface area contributed by atoms with Gasteiger partial charge < -0.3 is 25.1 Å². The molecule has 4 rings (SSSR count). The van der Waals surface area contributed by atoms with E-state index in [4.69, 9.17) is 14.5 Å². The maximum absolute atomic E-state index is 12.5. The minimum Gasteiger partial charge on any atom is -0.497 e. The van der Waals surface area contributed by atoms with Gasteiger partial charge in [0.1, 0.15) is 29.1 Å². The van der Waals surface area contributed by atoms with Crippen molar-refractivity contribution in [3.05, 3.63) is 35.8 Å². The van der Waals surface area contributed by atoms with Crippen molar-refractivity contribution in [1.29, 1.82) is 0 Å². The van der Waals surface area contributed by atoms with Crippen LogP contribution in [0.2, 0.25) is 0 Å². The second-order valence-corrected chi connectivity index (χ2v) is 8.62. The number of amides is 2. The van der Waals surface area contributed by atoms with Crippen LogP contribution in [0, 0.1) is 5.92 Å². The number of carbonyl (C=O) groups is 2. The van der Waals surface area contributed by atoms with Gasteiger partial charge in [-0.3, -0.25) is 9.59 Å². The van der Waals surface area contributed by atoms with E-state index >= 15 is 0 Å². The second kappa shape index (κ2) is 10.2. The van der Waals surface area contributed by atoms with Gasteiger partial charge in [0.05, 0.1) is 7.11 Å². The molecule has 1 aromatic heterocycles. The molecule has 1 aromatic carbocycles. The Balaban J connectivity index is 1.40. The van der Waals surface area contributed by atoms with E-state index < -0.39 is 0 Å². The molecule has 0 unspecified atom stereocenters. The molecule has 1 aliphatic heterocycles. The Labute approximate surface area is 188 Å². The number of nitrogens with zero attached hydrogens (tertiary/aromatic N) is 1. The number of imidazole rings is 1. The van der Waals surface area contributed by atoms with Crippen LogP contribution in [-0.4, -0.2) is 55.2 Å². The van der Waals surface area contributed by atoms with Crippen molar-refractivity contribution in [2.24, 2.45) is 5.92 Å². The second-order valence-electron chi connectivity index (χ2n) is 8.62. The van der Waals surface area contributed by atoms with E-state index in [1.54, 1.807) is 14.2 Å². The van der Waals surface area contributed by atoms with Crippen molar-refractivity contribution in [3.63, 3.8) is 0 Å². The van der Waals surface area contributed by atoms with Crippen molar-refractivity contribution in [2.75, 3.05) is 27.3 Å². The molecular weight excluding hydrogens is 408 g/mol. The van der Waals surface area contributed by atoms with E-state index in [1.165, 1.54) is 0 Å². The number of carbonyl (C=O) groups excluding carboxylic acids is 2. The quantitative estimate of drug-likeness (QED) is 0.614. The summed E-state index contributed by atoms with van der Waals surface area (Å²) in [6.07, 6.45) is 5.50. The van der Waals surface area contributed by atoms with Crippen LogP contribution in [0.25, 0.3) is 11.3 Å². The normalized spacial score (nSPS) is 23.0. The van der Waals surface area contributed by atoms with Crippen molar-refractivity contribution < 1.29 is 19.1 Å². The van der Waals surface area contributed by atoms with E-state index in [-0.39, 0.29) is 23.8 Å². The molecule has 0 bridgehead atoms. The average Bonchev–Trinajstić information content (AvgIpc) is 3.53. The van der Waals surface area contributed by atoms with Crippen LogP contribution >= 0.6 is 0 Å². The number of hydrogen-bond acceptors (Lipinski definition) is 5. The minimum absolute atomic E-state index is 0.0232. The zero-order valence-corrected chi connectivity index (χ0v) is 18.8. The van der Waals surface area contributed by atoms with Crippen LogP contribution in [0.15, 0.2) is 24.3 Å². The van der Waals surface area contributed by atoms with E-state index in [2.05, 4.69) is 15.6 Å². The van der Waals surface area contributed by atoms with Crippen molar-refractivity contribution >= 4 is 11.8 Å². The molecule has 2 amide bonds. The summed E-state index contributed by atoms with van der Waals surface area (Å²) in [6, 6.07) is 7.57. The summed E-state index contributed by atoms with van der Waals surface area (Å²) in [4.78, 5) is 32.8. The van der Waals surface area contributed by atoms with Crippen LogP contribution in [-0.2, 0) is 9.53 Å². The predicted molar refractivity (Wildman–Crippen MR) is 121 cm³/mol. The Morgan fingerprint density at radius 3 is 2.53 bits per heavy atom. The molecule has 0 spiro atoms. The molecule has 2 heterocycles. The van der Waals surface area contributed by atoms with Gasteiger partial charge in [-0.25, -0.2) is 4.98 Å². The lowest BCUT2D eigenvalue weighted by atomic mass is 9.81. The number of nitrogens with one attached hydrogen (secondary N) is 3. The molecule has 1 aliphatic carbocycles. The van der Waals surface area contributed by atoms with Crippen LogP contribution in [0.1, 0.15) is 60.8 Å². The third-order valence-corrected chi connectivity index (χ3v) is 6.56. The van der Waals surface area contributed by atoms with Gasteiger partial charge in [0, 0.05) is 31.7 Å². The molecule has 1 saturated carbocycles. The number of H-pyrrole nitrogens is 1. The zero-order valence-electron chi connectivity index (χ0n) is 18.8. The molecule has 1 atom stereocenters. The molecule has 8 nitrogen and oxygen atoms in total. The van der Waals surface area contributed by atoms with Crippen molar-refractivity contribution in [2.45, 2.75) is 50.5 Å². The fourth-order valence-electron chi connectivity index (χ4n) is 4.62. The standard InChI is InChI=1S/C24H32N4O4/c1-25-24(30)21-20(16-9-11-18(31-2)12-10-16)27-22(28-21)17-7-5-15(6-8-17)14-26-23(29)19-4-3-13-32-19/h9-12,15,17,19H,3-8,13-14H2,1-2H3,(H,25,30)(H,26,29)(H,27,28)/t15?,17?,19-/m1/s1. The van der Waals surface area contributed by atoms with E-state index in [9.17, 15) is 9.59 Å². The molecule has 2 fully saturated rings. The van der Waals surface area contributed by atoms with Crippen LogP contribution < -0.4 is 15.4 Å². The minimum atomic E-state index is -0.269. The van der Waals surface area contributed by atoms with Gasteiger partial charge in [0.25, 0.3) is 5.91 Å². The Hall–Kier alpha value is -2.87. The lowest BCUT2D eigenvalue weighted by Gasteiger charge is -2.27. The predicted octanol–water partition coefficient (Wildman–Crippen LogP) is 3.01. The molecule has 3 N–H and O–H groups in total. The van der Waals surface area contributed by atoms with Crippen LogP contribution in [0.3, 0.4) is 0 Å². The SMILES string of the molecule is CNC(=O)c1[nH]c(C2CCC(CNC(=O)[C@H]3CCCO3)CC2)nc1-c1ccc(OC)cc1. The summed E-state index contributed by atoms with van der Waals surface area (Å²) in [5.41, 5.74) is 2.02. The summed E-state index contributed by atoms with van der Waals surface area (Å²) in [7, 11) is 3.25. The highest BCUT2D eigenvalue weighted by molar-refractivity contribution is 5.98. The maximum Gasteiger partial charge on any atom is 0.269 e. The molecule has 32 heavy (non-hydrogen) atoms. The Morgan fingerprint density at radius 1 is 1.16 bits per heavy atom. The molecule has 2 aromatic rings. The van der Waals surface area contributed by atoms with Gasteiger partial charge >= 0.3 is 0 Å². The number of rotatable bonds is 7. The Kier molecular flexibility index (Phi) is 7.09. The van der Waals surface area contributed by atoms with E-state index in [0.29, 0.717) is 30.5 Å². The molecule has 8 heteroatoms. The Morgan fingerprint density at radius 2 is 1.91 bits per heavy atom. The summed E-state index contributed by atoms with van der Waals surface area (Å²) >= 11 is 0. The smallest absolute Gasteiger partial charge is 0.269 e. The first-order valence-corrected chi connectivity index (χ1v) is 11.4. The van der Waals surface area contributed by atoms with Gasteiger partial charge in [-0.1, -0.05) is 0 Å². The summed E-state index contributed by atoms with van der Waals surface area (Å²) in [5.74, 6) is 2.20. The lowest BCUT2D eigenvalue weighted by molar-refractivity contribution is -0.130. The number of ether oxygens (including phenoxy) is 2. The van der Waals surface area contributed by atoms with Crippen molar-refractivity contribution in [1.82, 2.24) is 20.6 Å². The number of methoxy groups -OCH3 is 1. The van der Waals surface area contributed by atoms with Crippen molar-refractivity contribution in [3.8, 4) is 17.0 Å². The third-order valence-electron chi connectivity index (χ3n) is 6.56. The van der Waals surface area contributed by atoms with Crippen LogP contribution in [0.5, 0.6) is 5.75 Å². The molecule has 2 aliphatic rings. The first-order chi connectivity index (χ1) is 15.6. The van der Waals surface area contributed by atoms with E-state index in [1.807, 2.05) is 24.3 Å². The van der Waals surface area contributed by atoms with Gasteiger partial charge in [-0.15, -0.1) is 0 Å². The first kappa shape index (κ1) is 22.3. The number of aromatic amines is 1. The zero-order chi connectivity index (χ0) is 22.5. The summed E-state index contributed by atoms with van der Waals surface area (Å²) < 4.78 is 10.7. The molecule has 1 saturated heterocycles. The fraction of sp³-hybridized carbons (Fsp3) is 0.542. The first-order valence-electron chi connectivity index (χ1n) is 11.4. The topological polar surface area (TPSA) is 105 Å². The highest BCUT2D eigenvalue weighted by Crippen LogP contribution is 2.36. The highest BCUT2D eigenvalue weighted by atomic mass is 16.5. The van der Waals surface area contributed by atoms with Gasteiger partial charge in [-0.05, 0) is 68.7 Å². The Bertz CT molecular complexity index is 926. The number of benzene rings is 1. The number of hydrogen-bond donors (Lipinski definition) is 3. The van der Waals surface area contributed by atoms with Gasteiger partial charge in [-0.2, -0.15) is 0 Å². The molecule has 172 valence electrons. The highest BCUT2D eigenvalue weighted by Gasteiger charge is 2.29. The summed E-state index contributed by atoms with van der Waals surface area (Å²) in [5, 5.41) is 5.77. The van der Waals surface area contributed by atoms with Crippen LogP contribution in [0.4, 0.5) is 0 Å². The fourth-order valence-corrected chi connectivity index (χ4v) is 4.62. The molecule has 0 radical (unpaired) electrons. The van der Waals surface area contributed by atoms with E-state index in [0.717, 1.165) is 55.7 Å². The molecular formula is C24H32N4O4.